The van der Waals surface area contributed by atoms with Gasteiger partial charge in [-0.15, -0.1) is 0 Å². The number of hydrogen-bond acceptors (Lipinski definition) is 7. The Labute approximate surface area is 257 Å². The molecule has 0 spiro atoms. The third-order valence-corrected chi connectivity index (χ3v) is 7.54. The number of halogens is 3. The zero-order valence-electron chi connectivity index (χ0n) is 23.5. The molecule has 0 radical (unpaired) electrons. The van der Waals surface area contributed by atoms with Crippen LogP contribution in [0.15, 0.2) is 60.8 Å². The van der Waals surface area contributed by atoms with Crippen molar-refractivity contribution < 1.29 is 27.8 Å². The minimum Gasteiger partial charge on any atom is -0.483 e. The summed E-state index contributed by atoms with van der Waals surface area (Å²) in [5, 5.41) is 8.78. The van der Waals surface area contributed by atoms with E-state index in [-0.39, 0.29) is 11.9 Å². The Morgan fingerprint density at radius 2 is 1.83 bits per heavy atom. The molecular weight excluding hydrogens is 659 g/mol. The molecule has 1 saturated carbocycles. The number of rotatable bonds is 12. The van der Waals surface area contributed by atoms with Gasteiger partial charge in [0.2, 0.25) is 5.88 Å². The molecule has 1 aliphatic carbocycles. The number of aromatic nitrogens is 1. The van der Waals surface area contributed by atoms with Gasteiger partial charge >= 0.3 is 5.92 Å². The van der Waals surface area contributed by atoms with E-state index in [0.717, 1.165) is 37.1 Å². The lowest BCUT2D eigenvalue weighted by Gasteiger charge is -2.27. The maximum atomic E-state index is 13.6. The van der Waals surface area contributed by atoms with Gasteiger partial charge in [-0.1, -0.05) is 18.9 Å². The largest absolute Gasteiger partial charge is 0.483 e. The van der Waals surface area contributed by atoms with E-state index in [9.17, 15) is 18.4 Å². The average molecular weight is 694 g/mol. The number of anilines is 3. The molecule has 42 heavy (non-hydrogen) atoms. The lowest BCUT2D eigenvalue weighted by Crippen LogP contribution is -2.46. The van der Waals surface area contributed by atoms with E-state index in [2.05, 4.69) is 24.5 Å². The minimum atomic E-state index is -3.54. The van der Waals surface area contributed by atoms with Crippen molar-refractivity contribution in [2.75, 3.05) is 16.0 Å². The third kappa shape index (κ3) is 8.20. The molecule has 224 valence electrons. The molecule has 4 rings (SSSR count). The molecule has 2 atom stereocenters. The predicted octanol–water partition coefficient (Wildman–Crippen LogP) is 6.55. The van der Waals surface area contributed by atoms with Crippen LogP contribution in [-0.2, 0) is 4.79 Å². The van der Waals surface area contributed by atoms with Crippen LogP contribution < -0.4 is 29.0 Å². The van der Waals surface area contributed by atoms with Gasteiger partial charge in [0.25, 0.3) is 11.8 Å². The topological polar surface area (TPSA) is 114 Å². The van der Waals surface area contributed by atoms with Crippen molar-refractivity contribution in [3.8, 4) is 11.6 Å². The number of carbonyl (C=O) groups is 2. The molecule has 9 nitrogen and oxygen atoms in total. The average Bonchev–Trinajstić information content (AvgIpc) is 3.49. The summed E-state index contributed by atoms with van der Waals surface area (Å²) in [7, 11) is 1.48. The number of benzene rings is 2. The number of pyridine rings is 1. The first-order valence-electron chi connectivity index (χ1n) is 13.6. The van der Waals surface area contributed by atoms with Gasteiger partial charge in [-0.3, -0.25) is 9.59 Å². The molecule has 1 aromatic heterocycles. The van der Waals surface area contributed by atoms with Gasteiger partial charge in [0.15, 0.2) is 0 Å². The smallest absolute Gasteiger partial charge is 0.321 e. The van der Waals surface area contributed by atoms with Crippen LogP contribution in [0.25, 0.3) is 0 Å². The van der Waals surface area contributed by atoms with Crippen LogP contribution in [0.2, 0.25) is 0 Å². The lowest BCUT2D eigenvalue weighted by molar-refractivity contribution is -0.144. The molecule has 4 N–H and O–H groups in total. The summed E-state index contributed by atoms with van der Waals surface area (Å²) in [6.07, 6.45) is 4.96. The molecule has 3 aromatic rings. The molecule has 2 aromatic carbocycles. The van der Waals surface area contributed by atoms with Crippen molar-refractivity contribution in [2.24, 2.45) is 0 Å². The lowest BCUT2D eigenvalue weighted by atomic mass is 10.0. The molecule has 1 unspecified atom stereocenters. The molecule has 1 heterocycles. The number of hydrogen-bond donors (Lipinski definition) is 4. The number of ether oxygens (including phenoxy) is 2. The monoisotopic (exact) mass is 693 g/mol. The first kappa shape index (κ1) is 31.3. The van der Waals surface area contributed by atoms with E-state index in [4.69, 9.17) is 9.47 Å². The fourth-order valence-electron chi connectivity index (χ4n) is 4.71. The fraction of sp³-hybridized carbons (Fsp3) is 0.367. The van der Waals surface area contributed by atoms with Crippen molar-refractivity contribution in [3.63, 3.8) is 0 Å². The second-order valence-corrected chi connectivity index (χ2v) is 10.8. The number of amides is 2. The van der Waals surface area contributed by atoms with E-state index in [1.54, 1.807) is 49.4 Å². The summed E-state index contributed by atoms with van der Waals surface area (Å²) < 4.78 is 41.7. The van der Waals surface area contributed by atoms with E-state index in [1.807, 2.05) is 35.0 Å². The molecule has 0 saturated heterocycles. The molecule has 1 fully saturated rings. The van der Waals surface area contributed by atoms with Crippen LogP contribution >= 0.6 is 22.9 Å². The Bertz CT molecular complexity index is 1380. The summed E-state index contributed by atoms with van der Waals surface area (Å²) in [5.41, 5.74) is 3.26. The maximum absolute atomic E-state index is 13.6. The van der Waals surface area contributed by atoms with E-state index in [0.29, 0.717) is 35.4 Å². The van der Waals surface area contributed by atoms with Crippen LogP contribution in [0.3, 0.4) is 0 Å². The molecular formula is C30H34F2IN5O4. The summed E-state index contributed by atoms with van der Waals surface area (Å²) in [6.45, 7) is 2.13. The highest BCUT2D eigenvalue weighted by Gasteiger charge is 2.35. The minimum absolute atomic E-state index is 0.0948. The Morgan fingerprint density at radius 1 is 1.07 bits per heavy atom. The second kappa shape index (κ2) is 14.0. The van der Waals surface area contributed by atoms with Crippen LogP contribution in [0.4, 0.5) is 25.8 Å². The van der Waals surface area contributed by atoms with Gasteiger partial charge in [0.05, 0.1) is 47.4 Å². The Morgan fingerprint density at radius 3 is 2.48 bits per heavy atom. The molecule has 0 aliphatic heterocycles. The van der Waals surface area contributed by atoms with E-state index >= 15 is 0 Å². The third-order valence-electron chi connectivity index (χ3n) is 6.96. The standard InChI is InChI=1S/C30H34F2IN5O4/c1-18(35-29(40)30(2,31)32)27(20-11-14-26(41-3)34-17-20)42-23-12-13-24(25(16-23)38-33)36-22-10-6-7-19(15-22)28(39)37-21-8-4-5-9-21/h6-7,10-18,21,27,36,38H,4-5,8-9H2,1-3H3,(H,35,40)(H,37,39)/t18-,27?/m0/s1. The maximum Gasteiger partial charge on any atom is 0.321 e. The number of carbonyl (C=O) groups excluding carboxylic acids is 2. The first-order valence-corrected chi connectivity index (χ1v) is 14.7. The Balaban J connectivity index is 1.53. The zero-order chi connectivity index (χ0) is 30.3. The van der Waals surface area contributed by atoms with Crippen molar-refractivity contribution in [1.29, 1.82) is 0 Å². The van der Waals surface area contributed by atoms with Crippen molar-refractivity contribution in [3.05, 3.63) is 71.9 Å². The number of alkyl halides is 2. The molecule has 0 bridgehead atoms. The quantitative estimate of drug-likeness (QED) is 0.126. The van der Waals surface area contributed by atoms with Gasteiger partial charge in [-0.05, 0) is 56.2 Å². The highest BCUT2D eigenvalue weighted by Crippen LogP contribution is 2.34. The molecule has 1 aliphatic rings. The highest BCUT2D eigenvalue weighted by molar-refractivity contribution is 14.1. The van der Waals surface area contributed by atoms with E-state index in [1.165, 1.54) is 13.3 Å². The number of nitrogens with one attached hydrogen (secondary N) is 4. The molecule has 12 heteroatoms. The van der Waals surface area contributed by atoms with Crippen molar-refractivity contribution >= 4 is 51.7 Å². The van der Waals surface area contributed by atoms with E-state index < -0.39 is 24.0 Å². The van der Waals surface area contributed by atoms with Gasteiger partial charge in [-0.25, -0.2) is 4.98 Å². The highest BCUT2D eigenvalue weighted by atomic mass is 127. The summed E-state index contributed by atoms with van der Waals surface area (Å²) in [6, 6.07) is 15.3. The summed E-state index contributed by atoms with van der Waals surface area (Å²) >= 11 is 2.00. The SMILES string of the molecule is COc1ccc(C(Oc2ccc(Nc3cccc(C(=O)NC4CCCC4)c3)c(NI)c2)[C@H](C)NC(=O)C(C)(F)F)cn1. The Kier molecular flexibility index (Phi) is 10.4. The fourth-order valence-corrected chi connectivity index (χ4v) is 5.16. The number of methoxy groups -OCH3 is 1. The van der Waals surface area contributed by atoms with Gasteiger partial charge < -0.3 is 29.0 Å². The number of nitrogens with zero attached hydrogens (tertiary/aromatic N) is 1. The van der Waals surface area contributed by atoms with Crippen LogP contribution in [0, 0.1) is 0 Å². The Hall–Kier alpha value is -3.68. The van der Waals surface area contributed by atoms with Crippen molar-refractivity contribution in [1.82, 2.24) is 15.6 Å². The zero-order valence-corrected chi connectivity index (χ0v) is 25.7. The van der Waals surface area contributed by atoms with Crippen LogP contribution in [-0.4, -0.2) is 41.9 Å². The van der Waals surface area contributed by atoms with Crippen LogP contribution in [0.1, 0.15) is 61.6 Å². The van der Waals surface area contributed by atoms with Crippen LogP contribution in [0.5, 0.6) is 11.6 Å². The first-order chi connectivity index (χ1) is 20.1. The second-order valence-electron chi connectivity index (χ2n) is 10.3. The summed E-state index contributed by atoms with van der Waals surface area (Å²) in [4.78, 5) is 29.0. The molecule has 2 amide bonds. The van der Waals surface area contributed by atoms with Gasteiger partial charge in [0, 0.05) is 48.1 Å². The van der Waals surface area contributed by atoms with Gasteiger partial charge in [-0.2, -0.15) is 8.78 Å². The van der Waals surface area contributed by atoms with Gasteiger partial charge in [0.1, 0.15) is 11.9 Å². The normalized spacial score (nSPS) is 14.9. The van der Waals surface area contributed by atoms with Crippen molar-refractivity contribution in [2.45, 2.75) is 63.6 Å². The summed E-state index contributed by atoms with van der Waals surface area (Å²) in [5.74, 6) is -4.24. The predicted molar refractivity (Wildman–Crippen MR) is 166 cm³/mol.